The molecule has 0 heterocycles. The number of hydrogen-bond donors (Lipinski definition) is 2. The summed E-state index contributed by atoms with van der Waals surface area (Å²) in [7, 11) is 4.83. The Balaban J connectivity index is 4.04. The molecule has 0 spiro atoms. The van der Waals surface area contributed by atoms with Gasteiger partial charge >= 0.3 is 6.03 Å². The minimum atomic E-state index is -0.193. The van der Waals surface area contributed by atoms with E-state index >= 15 is 0 Å². The largest absolute Gasteiger partial charge is 0.409 e. The topological polar surface area (TPSA) is 82.2 Å². The number of rotatable bonds is 2. The molecule has 0 unspecified atom stereocenters. The first-order valence-electron chi connectivity index (χ1n) is 3.38. The monoisotopic (exact) mass is 174 g/mol. The van der Waals surface area contributed by atoms with Crippen LogP contribution in [0.25, 0.3) is 0 Å². The number of amidine groups is 1. The van der Waals surface area contributed by atoms with Crippen molar-refractivity contribution in [3.63, 3.8) is 0 Å². The van der Waals surface area contributed by atoms with Crippen molar-refractivity contribution in [3.8, 4) is 0 Å². The van der Waals surface area contributed by atoms with Crippen molar-refractivity contribution in [1.82, 2.24) is 9.80 Å². The molecule has 0 bridgehead atoms. The zero-order chi connectivity index (χ0) is 9.72. The second-order valence-electron chi connectivity index (χ2n) is 2.62. The molecule has 0 radical (unpaired) electrons. The van der Waals surface area contributed by atoms with E-state index in [0.717, 1.165) is 0 Å². The minimum Gasteiger partial charge on any atom is -0.409 e. The number of carbonyl (C=O) groups excluding carboxylic acids is 1. The number of hydrogen-bond acceptors (Lipinski definition) is 3. The van der Waals surface area contributed by atoms with Crippen LogP contribution in [-0.4, -0.2) is 54.6 Å². The Kier molecular flexibility index (Phi) is 3.89. The lowest BCUT2D eigenvalue weighted by atomic mass is 10.5. The fourth-order valence-corrected chi connectivity index (χ4v) is 0.684. The molecule has 0 aliphatic carbocycles. The normalized spacial score (nSPS) is 11.1. The average molecular weight is 174 g/mol. The van der Waals surface area contributed by atoms with Crippen LogP contribution in [-0.2, 0) is 0 Å². The van der Waals surface area contributed by atoms with Crippen LogP contribution < -0.4 is 5.73 Å². The molecule has 6 heteroatoms. The number of nitrogens with zero attached hydrogens (tertiary/aromatic N) is 3. The molecule has 0 atom stereocenters. The number of amides is 2. The first-order valence-corrected chi connectivity index (χ1v) is 3.38. The van der Waals surface area contributed by atoms with Gasteiger partial charge in [0.25, 0.3) is 0 Å². The Morgan fingerprint density at radius 2 is 2.00 bits per heavy atom. The Hall–Kier alpha value is -1.46. The maximum atomic E-state index is 11.2. The number of nitrogens with two attached hydrogens (primary N) is 1. The molecule has 0 fully saturated rings. The van der Waals surface area contributed by atoms with Gasteiger partial charge in [-0.3, -0.25) is 0 Å². The summed E-state index contributed by atoms with van der Waals surface area (Å²) in [5.74, 6) is 0.00713. The third kappa shape index (κ3) is 3.09. The van der Waals surface area contributed by atoms with E-state index in [2.05, 4.69) is 5.16 Å². The van der Waals surface area contributed by atoms with Crippen molar-refractivity contribution in [2.75, 3.05) is 27.7 Å². The summed E-state index contributed by atoms with van der Waals surface area (Å²) in [5, 5.41) is 11.0. The summed E-state index contributed by atoms with van der Waals surface area (Å²) in [4.78, 5) is 13.9. The van der Waals surface area contributed by atoms with Gasteiger partial charge in [-0.1, -0.05) is 5.16 Å². The van der Waals surface area contributed by atoms with Crippen molar-refractivity contribution >= 4 is 11.9 Å². The van der Waals surface area contributed by atoms with Gasteiger partial charge in [-0.15, -0.1) is 0 Å². The average Bonchev–Trinajstić information content (AvgIpc) is 2.02. The van der Waals surface area contributed by atoms with Gasteiger partial charge in [-0.2, -0.15) is 0 Å². The van der Waals surface area contributed by atoms with Crippen LogP contribution in [0.4, 0.5) is 4.79 Å². The molecule has 0 aromatic carbocycles. The predicted molar refractivity (Wildman–Crippen MR) is 45.1 cm³/mol. The van der Waals surface area contributed by atoms with E-state index < -0.39 is 0 Å². The SMILES string of the molecule is CN(C)C(=O)N(C)CC(N)=NO. The highest BCUT2D eigenvalue weighted by molar-refractivity contribution is 5.86. The molecule has 0 aromatic heterocycles. The van der Waals surface area contributed by atoms with Gasteiger partial charge in [0.1, 0.15) is 0 Å². The molecule has 12 heavy (non-hydrogen) atoms. The zero-order valence-corrected chi connectivity index (χ0v) is 7.48. The summed E-state index contributed by atoms with van der Waals surface area (Å²) in [5.41, 5.74) is 5.20. The van der Waals surface area contributed by atoms with E-state index in [0.29, 0.717) is 0 Å². The Morgan fingerprint density at radius 1 is 1.50 bits per heavy atom. The summed E-state index contributed by atoms with van der Waals surface area (Å²) in [6.07, 6.45) is 0. The van der Waals surface area contributed by atoms with Crippen molar-refractivity contribution in [1.29, 1.82) is 0 Å². The highest BCUT2D eigenvalue weighted by Crippen LogP contribution is 1.89. The van der Waals surface area contributed by atoms with Crippen LogP contribution in [0.2, 0.25) is 0 Å². The Bertz CT molecular complexity index is 190. The van der Waals surface area contributed by atoms with Gasteiger partial charge in [0.15, 0.2) is 5.84 Å². The van der Waals surface area contributed by atoms with Gasteiger partial charge in [-0.25, -0.2) is 4.79 Å². The number of carbonyl (C=O) groups is 1. The zero-order valence-electron chi connectivity index (χ0n) is 7.48. The van der Waals surface area contributed by atoms with Gasteiger partial charge in [0.2, 0.25) is 0 Å². The second-order valence-corrected chi connectivity index (χ2v) is 2.62. The Morgan fingerprint density at radius 3 is 2.33 bits per heavy atom. The van der Waals surface area contributed by atoms with Gasteiger partial charge < -0.3 is 20.7 Å². The predicted octanol–water partition coefficient (Wildman–Crippen LogP) is -0.654. The van der Waals surface area contributed by atoms with E-state index in [1.807, 2.05) is 0 Å². The van der Waals surface area contributed by atoms with Crippen LogP contribution in [0.5, 0.6) is 0 Å². The first kappa shape index (κ1) is 10.5. The minimum absolute atomic E-state index is 0.00713. The smallest absolute Gasteiger partial charge is 0.319 e. The quantitative estimate of drug-likeness (QED) is 0.252. The second kappa shape index (κ2) is 4.42. The van der Waals surface area contributed by atoms with Gasteiger partial charge in [0, 0.05) is 21.1 Å². The molecule has 0 aliphatic rings. The number of oxime groups is 1. The third-order valence-corrected chi connectivity index (χ3v) is 1.24. The number of likely N-dealkylation sites (N-methyl/N-ethyl adjacent to an activating group) is 1. The maximum Gasteiger partial charge on any atom is 0.319 e. The van der Waals surface area contributed by atoms with Gasteiger partial charge in [-0.05, 0) is 0 Å². The van der Waals surface area contributed by atoms with E-state index in [9.17, 15) is 4.79 Å². The first-order chi connectivity index (χ1) is 5.49. The standard InChI is InChI=1S/C6H14N4O2/c1-9(2)6(11)10(3)4-5(7)8-12/h12H,4H2,1-3H3,(H2,7,8). The summed E-state index contributed by atoms with van der Waals surface area (Å²) < 4.78 is 0. The van der Waals surface area contributed by atoms with Crippen LogP contribution in [0.1, 0.15) is 0 Å². The van der Waals surface area contributed by atoms with Crippen molar-refractivity contribution in [3.05, 3.63) is 0 Å². The number of urea groups is 1. The molecule has 0 saturated heterocycles. The molecule has 0 aromatic rings. The summed E-state index contributed by atoms with van der Waals surface area (Å²) in [6, 6.07) is -0.193. The van der Waals surface area contributed by atoms with Crippen molar-refractivity contribution < 1.29 is 10.0 Å². The lowest BCUT2D eigenvalue weighted by Crippen LogP contribution is -2.41. The van der Waals surface area contributed by atoms with E-state index in [1.165, 1.54) is 9.80 Å². The van der Waals surface area contributed by atoms with Crippen molar-refractivity contribution in [2.45, 2.75) is 0 Å². The maximum absolute atomic E-state index is 11.2. The highest BCUT2D eigenvalue weighted by atomic mass is 16.4. The lowest BCUT2D eigenvalue weighted by molar-refractivity contribution is 0.187. The van der Waals surface area contributed by atoms with Gasteiger partial charge in [0.05, 0.1) is 6.54 Å². The van der Waals surface area contributed by atoms with Crippen LogP contribution in [0.3, 0.4) is 0 Å². The van der Waals surface area contributed by atoms with Crippen molar-refractivity contribution in [2.24, 2.45) is 10.9 Å². The summed E-state index contributed by atoms with van der Waals surface area (Å²) in [6.45, 7) is 0.119. The lowest BCUT2D eigenvalue weighted by Gasteiger charge is -2.20. The van der Waals surface area contributed by atoms with Crippen LogP contribution in [0, 0.1) is 0 Å². The van der Waals surface area contributed by atoms with E-state index in [4.69, 9.17) is 10.9 Å². The van der Waals surface area contributed by atoms with E-state index in [1.54, 1.807) is 21.1 Å². The van der Waals surface area contributed by atoms with Crippen LogP contribution in [0.15, 0.2) is 5.16 Å². The molecule has 70 valence electrons. The molecule has 0 rings (SSSR count). The summed E-state index contributed by atoms with van der Waals surface area (Å²) >= 11 is 0. The van der Waals surface area contributed by atoms with Crippen LogP contribution >= 0.6 is 0 Å². The molecular formula is C6H14N4O2. The molecule has 3 N–H and O–H groups in total. The van der Waals surface area contributed by atoms with E-state index in [-0.39, 0.29) is 18.4 Å². The molecule has 2 amide bonds. The Labute approximate surface area is 71.2 Å². The fraction of sp³-hybridized carbons (Fsp3) is 0.667. The molecule has 0 aliphatic heterocycles. The fourth-order valence-electron chi connectivity index (χ4n) is 0.684. The molecule has 6 nitrogen and oxygen atoms in total. The highest BCUT2D eigenvalue weighted by Gasteiger charge is 2.11. The third-order valence-electron chi connectivity index (χ3n) is 1.24. The molecule has 0 saturated carbocycles. The molecular weight excluding hydrogens is 160 g/mol.